The number of benzene rings is 2. The Morgan fingerprint density at radius 2 is 1.77 bits per heavy atom. The quantitative estimate of drug-likeness (QED) is 0.690. The molecular formula is C16H9Cl3FN3O3. The highest BCUT2D eigenvalue weighted by Crippen LogP contribution is 2.33. The molecule has 1 amide bonds. The average Bonchev–Trinajstić information content (AvgIpc) is 2.92. The van der Waals surface area contributed by atoms with Gasteiger partial charge in [0.15, 0.2) is 0 Å². The summed E-state index contributed by atoms with van der Waals surface area (Å²) in [4.78, 5) is 24.0. The number of nitrogens with one attached hydrogen (secondary N) is 1. The van der Waals surface area contributed by atoms with E-state index in [0.29, 0.717) is 10.6 Å². The third-order valence-electron chi connectivity index (χ3n) is 3.26. The molecule has 1 N–H and O–H groups in total. The van der Waals surface area contributed by atoms with Gasteiger partial charge in [0.05, 0.1) is 15.7 Å². The topological polar surface area (TPSA) is 77.1 Å². The molecular weight excluding hydrogens is 408 g/mol. The van der Waals surface area contributed by atoms with Crippen LogP contribution in [0.25, 0.3) is 11.5 Å². The summed E-state index contributed by atoms with van der Waals surface area (Å²) in [6.07, 6.45) is 0. The minimum absolute atomic E-state index is 0.0367. The van der Waals surface area contributed by atoms with Crippen LogP contribution in [0.3, 0.4) is 0 Å². The van der Waals surface area contributed by atoms with E-state index < -0.39 is 24.0 Å². The molecule has 0 radical (unpaired) electrons. The molecule has 10 heteroatoms. The van der Waals surface area contributed by atoms with Gasteiger partial charge in [0.1, 0.15) is 12.4 Å². The standard InChI is InChI=1S/C16H9Cl3FN3O3/c17-9-5-11(18)14(12(19)6-9)21-13(24)7-23-16(25)26-15(22-23)8-1-3-10(20)4-2-8/h1-6H,7H2,(H,21,24). The zero-order valence-electron chi connectivity index (χ0n) is 12.8. The van der Waals surface area contributed by atoms with Gasteiger partial charge in [-0.1, -0.05) is 34.8 Å². The van der Waals surface area contributed by atoms with Gasteiger partial charge < -0.3 is 9.73 Å². The Labute approximate surface area is 161 Å². The van der Waals surface area contributed by atoms with E-state index in [4.69, 9.17) is 39.2 Å². The van der Waals surface area contributed by atoms with Gasteiger partial charge in [-0.05, 0) is 36.4 Å². The summed E-state index contributed by atoms with van der Waals surface area (Å²) >= 11 is 17.8. The lowest BCUT2D eigenvalue weighted by molar-refractivity contribution is -0.117. The smallest absolute Gasteiger partial charge is 0.388 e. The van der Waals surface area contributed by atoms with Crippen LogP contribution >= 0.6 is 34.8 Å². The van der Waals surface area contributed by atoms with Crippen molar-refractivity contribution in [2.75, 3.05) is 5.32 Å². The SMILES string of the molecule is O=C(Cn1nc(-c2ccc(F)cc2)oc1=O)Nc1c(Cl)cc(Cl)cc1Cl. The fraction of sp³-hybridized carbons (Fsp3) is 0.0625. The highest BCUT2D eigenvalue weighted by molar-refractivity contribution is 6.42. The molecule has 0 aliphatic rings. The van der Waals surface area contributed by atoms with E-state index >= 15 is 0 Å². The maximum absolute atomic E-state index is 13.0. The summed E-state index contributed by atoms with van der Waals surface area (Å²) < 4.78 is 18.8. The van der Waals surface area contributed by atoms with Crippen LogP contribution in [0.4, 0.5) is 10.1 Å². The van der Waals surface area contributed by atoms with E-state index in [2.05, 4.69) is 10.4 Å². The first-order valence-corrected chi connectivity index (χ1v) is 8.25. The second-order valence-electron chi connectivity index (χ2n) is 5.13. The maximum Gasteiger partial charge on any atom is 0.437 e. The average molecular weight is 417 g/mol. The van der Waals surface area contributed by atoms with Crippen LogP contribution in [0.2, 0.25) is 15.1 Å². The van der Waals surface area contributed by atoms with E-state index in [0.717, 1.165) is 4.68 Å². The van der Waals surface area contributed by atoms with Crippen LogP contribution < -0.4 is 11.1 Å². The lowest BCUT2D eigenvalue weighted by Crippen LogP contribution is -2.26. The molecule has 0 saturated carbocycles. The van der Waals surface area contributed by atoms with Crippen LogP contribution in [-0.2, 0) is 11.3 Å². The van der Waals surface area contributed by atoms with Crippen LogP contribution in [0.1, 0.15) is 0 Å². The third-order valence-corrected chi connectivity index (χ3v) is 4.08. The lowest BCUT2D eigenvalue weighted by Gasteiger charge is -2.09. The van der Waals surface area contributed by atoms with Crippen molar-refractivity contribution in [3.8, 4) is 11.5 Å². The van der Waals surface area contributed by atoms with Gasteiger partial charge in [-0.25, -0.2) is 9.18 Å². The van der Waals surface area contributed by atoms with Crippen molar-refractivity contribution >= 4 is 46.4 Å². The number of hydrogen-bond acceptors (Lipinski definition) is 4. The van der Waals surface area contributed by atoms with Gasteiger partial charge in [-0.3, -0.25) is 4.79 Å². The Bertz CT molecular complexity index is 1010. The molecule has 26 heavy (non-hydrogen) atoms. The zero-order chi connectivity index (χ0) is 18.8. The second kappa shape index (κ2) is 7.49. The summed E-state index contributed by atoms with van der Waals surface area (Å²) in [5, 5.41) is 7.01. The molecule has 0 aliphatic carbocycles. The van der Waals surface area contributed by atoms with Crippen LogP contribution in [-0.4, -0.2) is 15.7 Å². The van der Waals surface area contributed by atoms with Crippen molar-refractivity contribution < 1.29 is 13.6 Å². The van der Waals surface area contributed by atoms with E-state index in [1.165, 1.54) is 36.4 Å². The lowest BCUT2D eigenvalue weighted by atomic mass is 10.2. The number of aromatic nitrogens is 2. The summed E-state index contributed by atoms with van der Waals surface area (Å²) in [5.74, 6) is -1.91. The highest BCUT2D eigenvalue weighted by Gasteiger charge is 2.16. The maximum atomic E-state index is 13.0. The van der Waals surface area contributed by atoms with Gasteiger partial charge in [-0.2, -0.15) is 4.68 Å². The Morgan fingerprint density at radius 3 is 2.38 bits per heavy atom. The minimum Gasteiger partial charge on any atom is -0.388 e. The van der Waals surface area contributed by atoms with Gasteiger partial charge in [0.25, 0.3) is 0 Å². The fourth-order valence-electron chi connectivity index (χ4n) is 2.09. The van der Waals surface area contributed by atoms with Crippen molar-refractivity contribution in [3.05, 3.63) is 67.8 Å². The van der Waals surface area contributed by atoms with Crippen LogP contribution in [0.15, 0.2) is 45.6 Å². The summed E-state index contributed by atoms with van der Waals surface area (Å²) in [6.45, 7) is -0.432. The molecule has 0 atom stereocenters. The Morgan fingerprint density at radius 1 is 1.15 bits per heavy atom. The highest BCUT2D eigenvalue weighted by atomic mass is 35.5. The Hall–Kier alpha value is -2.35. The van der Waals surface area contributed by atoms with Gasteiger partial charge >= 0.3 is 5.76 Å². The number of anilines is 1. The number of rotatable bonds is 4. The van der Waals surface area contributed by atoms with Crippen molar-refractivity contribution in [2.24, 2.45) is 0 Å². The molecule has 134 valence electrons. The summed E-state index contributed by atoms with van der Waals surface area (Å²) in [5.41, 5.74) is 0.560. The minimum atomic E-state index is -0.840. The number of nitrogens with zero attached hydrogens (tertiary/aromatic N) is 2. The molecule has 0 aliphatic heterocycles. The molecule has 0 saturated heterocycles. The van der Waals surface area contributed by atoms with Crippen molar-refractivity contribution in [1.82, 2.24) is 9.78 Å². The third kappa shape index (κ3) is 4.07. The van der Waals surface area contributed by atoms with Gasteiger partial charge in [0, 0.05) is 10.6 Å². The van der Waals surface area contributed by atoms with E-state index in [9.17, 15) is 14.0 Å². The largest absolute Gasteiger partial charge is 0.437 e. The summed E-state index contributed by atoms with van der Waals surface area (Å²) in [6, 6.07) is 8.03. The molecule has 0 unspecified atom stereocenters. The van der Waals surface area contributed by atoms with E-state index in [1.54, 1.807) is 0 Å². The number of carbonyl (C=O) groups excluding carboxylic acids is 1. The monoisotopic (exact) mass is 415 g/mol. The summed E-state index contributed by atoms with van der Waals surface area (Å²) in [7, 11) is 0. The zero-order valence-corrected chi connectivity index (χ0v) is 15.1. The Kier molecular flexibility index (Phi) is 5.31. The number of carbonyl (C=O) groups is 1. The first kappa shape index (κ1) is 18.4. The molecule has 0 fully saturated rings. The van der Waals surface area contributed by atoms with Gasteiger partial charge in [-0.15, -0.1) is 5.10 Å². The first-order valence-electron chi connectivity index (χ1n) is 7.12. The fourth-order valence-corrected chi connectivity index (χ4v) is 3.00. The normalized spacial score (nSPS) is 10.8. The molecule has 2 aromatic carbocycles. The molecule has 0 bridgehead atoms. The van der Waals surface area contributed by atoms with Crippen molar-refractivity contribution in [1.29, 1.82) is 0 Å². The molecule has 0 spiro atoms. The Balaban J connectivity index is 1.78. The number of amides is 1. The van der Waals surface area contributed by atoms with Crippen LogP contribution in [0.5, 0.6) is 0 Å². The van der Waals surface area contributed by atoms with Crippen LogP contribution in [0, 0.1) is 5.82 Å². The van der Waals surface area contributed by atoms with E-state index in [-0.39, 0.29) is 21.6 Å². The molecule has 1 heterocycles. The first-order chi connectivity index (χ1) is 12.3. The molecule has 1 aromatic heterocycles. The molecule has 3 rings (SSSR count). The predicted octanol–water partition coefficient (Wildman–Crippen LogP) is 4.24. The molecule has 3 aromatic rings. The van der Waals surface area contributed by atoms with Crippen molar-refractivity contribution in [3.63, 3.8) is 0 Å². The van der Waals surface area contributed by atoms with Crippen molar-refractivity contribution in [2.45, 2.75) is 6.54 Å². The number of halogens is 4. The molecule has 6 nitrogen and oxygen atoms in total. The van der Waals surface area contributed by atoms with E-state index in [1.807, 2.05) is 0 Å². The predicted molar refractivity (Wildman–Crippen MR) is 96.3 cm³/mol. The number of hydrogen-bond donors (Lipinski definition) is 1. The van der Waals surface area contributed by atoms with Gasteiger partial charge in [0.2, 0.25) is 11.8 Å². The second-order valence-corrected chi connectivity index (χ2v) is 6.38.